The summed E-state index contributed by atoms with van der Waals surface area (Å²) in [5, 5.41) is 5.55. The van der Waals surface area contributed by atoms with Gasteiger partial charge >= 0.3 is 0 Å². The van der Waals surface area contributed by atoms with Gasteiger partial charge < -0.3 is 10.6 Å². The third-order valence-corrected chi connectivity index (χ3v) is 1.70. The van der Waals surface area contributed by atoms with Gasteiger partial charge in [0.05, 0.1) is 0 Å². The molecule has 0 fully saturated rings. The van der Waals surface area contributed by atoms with E-state index in [0.29, 0.717) is 11.6 Å². The molecule has 1 amide bonds. The van der Waals surface area contributed by atoms with Crippen LogP contribution in [0.1, 0.15) is 13.8 Å². The quantitative estimate of drug-likeness (QED) is 0.756. The molecule has 0 aliphatic rings. The van der Waals surface area contributed by atoms with E-state index in [9.17, 15) is 4.79 Å². The van der Waals surface area contributed by atoms with Crippen LogP contribution in [0, 0.1) is 5.92 Å². The molecule has 0 radical (unpaired) electrons. The summed E-state index contributed by atoms with van der Waals surface area (Å²) in [6.07, 6.45) is 1.40. The van der Waals surface area contributed by atoms with Crippen molar-refractivity contribution in [1.29, 1.82) is 0 Å². The van der Waals surface area contributed by atoms with Crippen LogP contribution in [0.5, 0.6) is 0 Å². The van der Waals surface area contributed by atoms with E-state index in [-0.39, 0.29) is 11.8 Å². The number of anilines is 2. The van der Waals surface area contributed by atoms with Crippen LogP contribution in [0.2, 0.25) is 0 Å². The number of carbonyl (C=O) groups excluding carboxylic acids is 1. The molecular formula is C9H14N4O. The Morgan fingerprint density at radius 3 is 2.57 bits per heavy atom. The molecule has 0 aliphatic heterocycles. The second kappa shape index (κ2) is 4.55. The number of rotatable bonds is 3. The molecular weight excluding hydrogens is 180 g/mol. The topological polar surface area (TPSA) is 66.9 Å². The van der Waals surface area contributed by atoms with Gasteiger partial charge in [-0.1, -0.05) is 13.8 Å². The van der Waals surface area contributed by atoms with Crippen molar-refractivity contribution in [2.24, 2.45) is 5.92 Å². The fourth-order valence-corrected chi connectivity index (χ4v) is 0.833. The molecule has 76 valence electrons. The van der Waals surface area contributed by atoms with E-state index in [1.54, 1.807) is 13.1 Å². The highest BCUT2D eigenvalue weighted by Crippen LogP contribution is 2.08. The predicted octanol–water partition coefficient (Wildman–Crippen LogP) is 1.11. The molecule has 0 aromatic carbocycles. The molecule has 0 aliphatic carbocycles. The zero-order valence-corrected chi connectivity index (χ0v) is 8.53. The van der Waals surface area contributed by atoms with Crippen molar-refractivity contribution in [2.75, 3.05) is 17.7 Å². The normalized spacial score (nSPS) is 10.0. The van der Waals surface area contributed by atoms with Crippen LogP contribution in [0.3, 0.4) is 0 Å². The molecule has 2 N–H and O–H groups in total. The standard InChI is InChI=1S/C9H14N4O/c1-6(2)9(14)13-8-4-7(10-3)11-5-12-8/h4-6H,1-3H3,(H2,10,11,12,13,14). The van der Waals surface area contributed by atoms with Crippen molar-refractivity contribution in [3.63, 3.8) is 0 Å². The summed E-state index contributed by atoms with van der Waals surface area (Å²) in [5.74, 6) is 1.09. The molecule has 14 heavy (non-hydrogen) atoms. The fraction of sp³-hybridized carbons (Fsp3) is 0.444. The Balaban J connectivity index is 2.72. The molecule has 1 aromatic heterocycles. The first kappa shape index (κ1) is 10.4. The lowest BCUT2D eigenvalue weighted by Crippen LogP contribution is -2.18. The summed E-state index contributed by atoms with van der Waals surface area (Å²) in [6.45, 7) is 3.66. The molecule has 0 saturated carbocycles. The molecule has 1 aromatic rings. The van der Waals surface area contributed by atoms with Gasteiger partial charge in [0.25, 0.3) is 0 Å². The maximum Gasteiger partial charge on any atom is 0.228 e. The van der Waals surface area contributed by atoms with Crippen LogP contribution in [-0.4, -0.2) is 22.9 Å². The SMILES string of the molecule is CNc1cc(NC(=O)C(C)C)ncn1. The first-order valence-corrected chi connectivity index (χ1v) is 4.44. The van der Waals surface area contributed by atoms with Gasteiger partial charge in [-0.2, -0.15) is 0 Å². The lowest BCUT2D eigenvalue weighted by molar-refractivity contribution is -0.118. The van der Waals surface area contributed by atoms with Gasteiger partial charge in [-0.3, -0.25) is 4.79 Å². The lowest BCUT2D eigenvalue weighted by Gasteiger charge is -2.07. The predicted molar refractivity (Wildman–Crippen MR) is 55.0 cm³/mol. The number of nitrogens with one attached hydrogen (secondary N) is 2. The van der Waals surface area contributed by atoms with Crippen molar-refractivity contribution in [3.05, 3.63) is 12.4 Å². The highest BCUT2D eigenvalue weighted by atomic mass is 16.1. The van der Waals surface area contributed by atoms with Crippen molar-refractivity contribution < 1.29 is 4.79 Å². The van der Waals surface area contributed by atoms with E-state index in [1.165, 1.54) is 6.33 Å². The van der Waals surface area contributed by atoms with E-state index in [1.807, 2.05) is 13.8 Å². The first-order chi connectivity index (χ1) is 6.63. The van der Waals surface area contributed by atoms with E-state index in [2.05, 4.69) is 20.6 Å². The average molecular weight is 194 g/mol. The number of amides is 1. The van der Waals surface area contributed by atoms with Crippen LogP contribution < -0.4 is 10.6 Å². The third kappa shape index (κ3) is 2.69. The van der Waals surface area contributed by atoms with Gasteiger partial charge in [0.1, 0.15) is 18.0 Å². The lowest BCUT2D eigenvalue weighted by atomic mass is 10.2. The fourth-order valence-electron chi connectivity index (χ4n) is 0.833. The minimum atomic E-state index is -0.0528. The second-order valence-electron chi connectivity index (χ2n) is 3.18. The molecule has 1 rings (SSSR count). The van der Waals surface area contributed by atoms with Crippen LogP contribution in [-0.2, 0) is 4.79 Å². The van der Waals surface area contributed by atoms with Gasteiger partial charge in [0, 0.05) is 19.0 Å². The minimum Gasteiger partial charge on any atom is -0.373 e. The summed E-state index contributed by atoms with van der Waals surface area (Å²) in [5.41, 5.74) is 0. The molecule has 0 saturated heterocycles. The number of nitrogens with zero attached hydrogens (tertiary/aromatic N) is 2. The molecule has 0 atom stereocenters. The summed E-state index contributed by atoms with van der Waals surface area (Å²) < 4.78 is 0. The Morgan fingerprint density at radius 1 is 1.36 bits per heavy atom. The van der Waals surface area contributed by atoms with Crippen molar-refractivity contribution in [2.45, 2.75) is 13.8 Å². The number of hydrogen-bond acceptors (Lipinski definition) is 4. The summed E-state index contributed by atoms with van der Waals surface area (Å²) >= 11 is 0. The van der Waals surface area contributed by atoms with Crippen LogP contribution in [0.4, 0.5) is 11.6 Å². The van der Waals surface area contributed by atoms with Crippen molar-refractivity contribution in [3.8, 4) is 0 Å². The van der Waals surface area contributed by atoms with Gasteiger partial charge in [0.2, 0.25) is 5.91 Å². The Morgan fingerprint density at radius 2 is 2.00 bits per heavy atom. The average Bonchev–Trinajstić information content (AvgIpc) is 2.18. The molecule has 5 heteroatoms. The van der Waals surface area contributed by atoms with Crippen LogP contribution in [0.25, 0.3) is 0 Å². The van der Waals surface area contributed by atoms with Gasteiger partial charge in [-0.25, -0.2) is 9.97 Å². The van der Waals surface area contributed by atoms with E-state index >= 15 is 0 Å². The zero-order valence-electron chi connectivity index (χ0n) is 8.53. The third-order valence-electron chi connectivity index (χ3n) is 1.70. The van der Waals surface area contributed by atoms with Crippen molar-refractivity contribution >= 4 is 17.5 Å². The maximum atomic E-state index is 11.3. The van der Waals surface area contributed by atoms with E-state index in [0.717, 1.165) is 0 Å². The van der Waals surface area contributed by atoms with Crippen molar-refractivity contribution in [1.82, 2.24) is 9.97 Å². The summed E-state index contributed by atoms with van der Waals surface area (Å²) in [4.78, 5) is 19.2. The van der Waals surface area contributed by atoms with Crippen LogP contribution >= 0.6 is 0 Å². The minimum absolute atomic E-state index is 0.0502. The number of aromatic nitrogens is 2. The van der Waals surface area contributed by atoms with E-state index in [4.69, 9.17) is 0 Å². The first-order valence-electron chi connectivity index (χ1n) is 4.44. The Kier molecular flexibility index (Phi) is 3.39. The molecule has 1 heterocycles. The molecule has 5 nitrogen and oxygen atoms in total. The zero-order chi connectivity index (χ0) is 10.6. The Bertz CT molecular complexity index is 324. The smallest absolute Gasteiger partial charge is 0.228 e. The maximum absolute atomic E-state index is 11.3. The Hall–Kier alpha value is -1.65. The highest BCUT2D eigenvalue weighted by Gasteiger charge is 2.07. The highest BCUT2D eigenvalue weighted by molar-refractivity contribution is 5.91. The van der Waals surface area contributed by atoms with Gasteiger partial charge in [-0.15, -0.1) is 0 Å². The second-order valence-corrected chi connectivity index (χ2v) is 3.18. The molecule has 0 unspecified atom stereocenters. The number of hydrogen-bond donors (Lipinski definition) is 2. The molecule has 0 bridgehead atoms. The summed E-state index contributed by atoms with van der Waals surface area (Å²) in [7, 11) is 1.76. The largest absolute Gasteiger partial charge is 0.373 e. The monoisotopic (exact) mass is 194 g/mol. The molecule has 0 spiro atoms. The van der Waals surface area contributed by atoms with E-state index < -0.39 is 0 Å². The Labute approximate surface area is 83.0 Å². The van der Waals surface area contributed by atoms with Gasteiger partial charge in [-0.05, 0) is 0 Å². The van der Waals surface area contributed by atoms with Gasteiger partial charge in [0.15, 0.2) is 0 Å². The number of carbonyl (C=O) groups is 1. The summed E-state index contributed by atoms with van der Waals surface area (Å²) in [6, 6.07) is 1.68. The van der Waals surface area contributed by atoms with Crippen LogP contribution in [0.15, 0.2) is 12.4 Å².